The minimum atomic E-state index is -0.462. The first-order valence-electron chi connectivity index (χ1n) is 9.30. The lowest BCUT2D eigenvalue weighted by atomic mass is 10.1. The van der Waals surface area contributed by atoms with Gasteiger partial charge in [-0.2, -0.15) is 10.5 Å². The van der Waals surface area contributed by atoms with Crippen molar-refractivity contribution in [3.05, 3.63) is 101 Å². The Morgan fingerprint density at radius 2 is 1.80 bits per heavy atom. The molecule has 0 fully saturated rings. The van der Waals surface area contributed by atoms with Crippen molar-refractivity contribution in [2.45, 2.75) is 13.5 Å². The summed E-state index contributed by atoms with van der Waals surface area (Å²) >= 11 is 0. The fourth-order valence-corrected chi connectivity index (χ4v) is 2.81. The van der Waals surface area contributed by atoms with Crippen LogP contribution >= 0.6 is 0 Å². The lowest BCUT2D eigenvalue weighted by Crippen LogP contribution is -2.13. The molecule has 0 saturated carbocycles. The number of rotatable bonds is 6. The second kappa shape index (κ2) is 9.73. The third kappa shape index (κ3) is 5.34. The third-order valence-corrected chi connectivity index (χ3v) is 4.36. The lowest BCUT2D eigenvalue weighted by Gasteiger charge is -2.08. The van der Waals surface area contributed by atoms with Crippen LogP contribution in [0.2, 0.25) is 0 Å². The van der Waals surface area contributed by atoms with Crippen molar-refractivity contribution in [2.75, 3.05) is 5.32 Å². The standard InChI is InChI=1S/C25H19N3O2/c1-18-5-4-8-23(13-18)28-25(29)22(16-27)14-19-9-11-24(12-10-19)30-17-21-7-3-2-6-20(21)15-26/h2-14H,17H2,1H3,(H,28,29)/b22-14-. The summed E-state index contributed by atoms with van der Waals surface area (Å²) in [5.74, 6) is 0.166. The highest BCUT2D eigenvalue weighted by atomic mass is 16.5. The number of benzene rings is 3. The van der Waals surface area contributed by atoms with Gasteiger partial charge in [0, 0.05) is 11.3 Å². The Kier molecular flexibility index (Phi) is 6.61. The van der Waals surface area contributed by atoms with Crippen LogP contribution in [0.3, 0.4) is 0 Å². The Morgan fingerprint density at radius 3 is 2.50 bits per heavy atom. The summed E-state index contributed by atoms with van der Waals surface area (Å²) in [6, 6.07) is 25.8. The van der Waals surface area contributed by atoms with Gasteiger partial charge in [0.1, 0.15) is 24.0 Å². The molecule has 0 bridgehead atoms. The van der Waals surface area contributed by atoms with Crippen LogP contribution < -0.4 is 10.1 Å². The van der Waals surface area contributed by atoms with Gasteiger partial charge < -0.3 is 10.1 Å². The highest BCUT2D eigenvalue weighted by molar-refractivity contribution is 6.09. The summed E-state index contributed by atoms with van der Waals surface area (Å²) in [5.41, 5.74) is 3.76. The molecule has 5 nitrogen and oxygen atoms in total. The molecular weight excluding hydrogens is 374 g/mol. The predicted molar refractivity (Wildman–Crippen MR) is 115 cm³/mol. The molecule has 1 N–H and O–H groups in total. The van der Waals surface area contributed by atoms with Crippen molar-refractivity contribution in [2.24, 2.45) is 0 Å². The van der Waals surface area contributed by atoms with E-state index in [-0.39, 0.29) is 12.2 Å². The molecule has 146 valence electrons. The molecule has 30 heavy (non-hydrogen) atoms. The zero-order valence-corrected chi connectivity index (χ0v) is 16.4. The van der Waals surface area contributed by atoms with E-state index in [1.165, 1.54) is 6.08 Å². The predicted octanol–water partition coefficient (Wildman–Crippen LogP) is 4.99. The topological polar surface area (TPSA) is 85.9 Å². The van der Waals surface area contributed by atoms with Gasteiger partial charge in [0.05, 0.1) is 11.6 Å². The van der Waals surface area contributed by atoms with Crippen LogP contribution in [0.15, 0.2) is 78.4 Å². The van der Waals surface area contributed by atoms with E-state index in [0.29, 0.717) is 22.6 Å². The number of carbonyl (C=O) groups is 1. The molecule has 0 aliphatic heterocycles. The van der Waals surface area contributed by atoms with Crippen molar-refractivity contribution < 1.29 is 9.53 Å². The second-order valence-corrected chi connectivity index (χ2v) is 6.62. The number of amides is 1. The summed E-state index contributed by atoms with van der Waals surface area (Å²) in [5, 5.41) is 21.2. The number of anilines is 1. The Hall–Kier alpha value is -4.35. The highest BCUT2D eigenvalue weighted by Gasteiger charge is 2.10. The van der Waals surface area contributed by atoms with E-state index in [1.54, 1.807) is 36.4 Å². The fourth-order valence-electron chi connectivity index (χ4n) is 2.81. The van der Waals surface area contributed by atoms with E-state index >= 15 is 0 Å². The fraction of sp³-hybridized carbons (Fsp3) is 0.0800. The molecule has 1 amide bonds. The quantitative estimate of drug-likeness (QED) is 0.472. The van der Waals surface area contributed by atoms with E-state index < -0.39 is 5.91 Å². The molecule has 0 aliphatic carbocycles. The summed E-state index contributed by atoms with van der Waals surface area (Å²) in [6.45, 7) is 2.21. The van der Waals surface area contributed by atoms with Crippen LogP contribution in [0.1, 0.15) is 22.3 Å². The van der Waals surface area contributed by atoms with E-state index in [2.05, 4.69) is 11.4 Å². The molecule has 0 spiro atoms. The van der Waals surface area contributed by atoms with Crippen LogP contribution in [-0.2, 0) is 11.4 Å². The van der Waals surface area contributed by atoms with E-state index in [4.69, 9.17) is 10.00 Å². The van der Waals surface area contributed by atoms with Gasteiger partial charge in [-0.3, -0.25) is 4.79 Å². The summed E-state index contributed by atoms with van der Waals surface area (Å²) in [7, 11) is 0. The normalized spacial score (nSPS) is 10.6. The molecule has 0 radical (unpaired) electrons. The SMILES string of the molecule is Cc1cccc(NC(=O)/C(C#N)=C\c2ccc(OCc3ccccc3C#N)cc2)c1. The molecule has 5 heteroatoms. The van der Waals surface area contributed by atoms with Crippen LogP contribution in [0.25, 0.3) is 6.08 Å². The number of nitrogens with zero attached hydrogens (tertiary/aromatic N) is 2. The minimum Gasteiger partial charge on any atom is -0.489 e. The Morgan fingerprint density at radius 1 is 1.03 bits per heavy atom. The summed E-state index contributed by atoms with van der Waals surface area (Å²) in [4.78, 5) is 12.4. The minimum absolute atomic E-state index is 0.00752. The molecule has 0 heterocycles. The third-order valence-electron chi connectivity index (χ3n) is 4.36. The molecule has 3 aromatic rings. The average Bonchev–Trinajstić information content (AvgIpc) is 2.77. The van der Waals surface area contributed by atoms with Gasteiger partial charge in [0.2, 0.25) is 0 Å². The number of carbonyl (C=O) groups excluding carboxylic acids is 1. The molecule has 0 aliphatic rings. The first kappa shape index (κ1) is 20.4. The zero-order chi connectivity index (χ0) is 21.3. The largest absolute Gasteiger partial charge is 0.489 e. The smallest absolute Gasteiger partial charge is 0.266 e. The molecule has 3 aromatic carbocycles. The van der Waals surface area contributed by atoms with Crippen molar-refractivity contribution in [3.63, 3.8) is 0 Å². The van der Waals surface area contributed by atoms with Crippen molar-refractivity contribution in [1.82, 2.24) is 0 Å². The van der Waals surface area contributed by atoms with Gasteiger partial charge in [-0.25, -0.2) is 0 Å². The molecule has 0 unspecified atom stereocenters. The van der Waals surface area contributed by atoms with Crippen molar-refractivity contribution >= 4 is 17.7 Å². The lowest BCUT2D eigenvalue weighted by molar-refractivity contribution is -0.112. The number of hydrogen-bond donors (Lipinski definition) is 1. The Labute approximate surface area is 175 Å². The van der Waals surface area contributed by atoms with Gasteiger partial charge in [-0.15, -0.1) is 0 Å². The van der Waals surface area contributed by atoms with Crippen molar-refractivity contribution in [1.29, 1.82) is 10.5 Å². The second-order valence-electron chi connectivity index (χ2n) is 6.62. The van der Waals surface area contributed by atoms with Gasteiger partial charge >= 0.3 is 0 Å². The Balaban J connectivity index is 1.67. The van der Waals surface area contributed by atoms with Gasteiger partial charge in [-0.05, 0) is 54.5 Å². The molecule has 0 atom stereocenters. The zero-order valence-electron chi connectivity index (χ0n) is 16.4. The Bertz CT molecular complexity index is 1170. The number of nitrogens with one attached hydrogen (secondary N) is 1. The van der Waals surface area contributed by atoms with Gasteiger partial charge in [0.25, 0.3) is 5.91 Å². The van der Waals surface area contributed by atoms with E-state index in [1.807, 2.05) is 49.4 Å². The average molecular weight is 393 g/mol. The highest BCUT2D eigenvalue weighted by Crippen LogP contribution is 2.18. The number of hydrogen-bond acceptors (Lipinski definition) is 4. The van der Waals surface area contributed by atoms with Crippen LogP contribution in [0, 0.1) is 29.6 Å². The van der Waals surface area contributed by atoms with E-state index in [0.717, 1.165) is 11.1 Å². The summed E-state index contributed by atoms with van der Waals surface area (Å²) < 4.78 is 5.74. The molecule has 0 saturated heterocycles. The molecule has 3 rings (SSSR count). The van der Waals surface area contributed by atoms with Gasteiger partial charge in [0.15, 0.2) is 0 Å². The number of ether oxygens (including phenoxy) is 1. The maximum absolute atomic E-state index is 12.4. The van der Waals surface area contributed by atoms with Crippen LogP contribution in [-0.4, -0.2) is 5.91 Å². The van der Waals surface area contributed by atoms with Crippen LogP contribution in [0.5, 0.6) is 5.75 Å². The number of nitriles is 2. The first-order chi connectivity index (χ1) is 14.6. The summed E-state index contributed by atoms with van der Waals surface area (Å²) in [6.07, 6.45) is 1.53. The van der Waals surface area contributed by atoms with Gasteiger partial charge in [-0.1, -0.05) is 42.5 Å². The molecular formula is C25H19N3O2. The first-order valence-corrected chi connectivity index (χ1v) is 9.30. The monoisotopic (exact) mass is 393 g/mol. The maximum Gasteiger partial charge on any atom is 0.266 e. The number of aryl methyl sites for hydroxylation is 1. The van der Waals surface area contributed by atoms with E-state index in [9.17, 15) is 10.1 Å². The maximum atomic E-state index is 12.4. The molecule has 0 aromatic heterocycles. The van der Waals surface area contributed by atoms with Crippen LogP contribution in [0.4, 0.5) is 5.69 Å². The van der Waals surface area contributed by atoms with Crippen molar-refractivity contribution in [3.8, 4) is 17.9 Å².